The summed E-state index contributed by atoms with van der Waals surface area (Å²) in [4.78, 5) is 22.4. The molecule has 0 aliphatic rings. The van der Waals surface area contributed by atoms with Crippen LogP contribution < -0.4 is 5.32 Å². The molecule has 1 aromatic carbocycles. The van der Waals surface area contributed by atoms with Gasteiger partial charge < -0.3 is 10.4 Å². The molecule has 1 rings (SSSR count). The summed E-state index contributed by atoms with van der Waals surface area (Å²) >= 11 is 5.79. The first kappa shape index (κ1) is 14.5. The van der Waals surface area contributed by atoms with E-state index in [0.717, 1.165) is 0 Å². The van der Waals surface area contributed by atoms with Gasteiger partial charge in [0.2, 0.25) is 5.91 Å². The molecule has 0 heterocycles. The molecule has 1 atom stereocenters. The standard InChI is InChI=1S/C13H16ClNO3/c1-2-9(13(17)18)6-7-12(16)15-11-5-3-4-10(14)8-11/h3-5,8-9H,2,6-7H2,1H3,(H,15,16)(H,17,18). The van der Waals surface area contributed by atoms with E-state index in [4.69, 9.17) is 16.7 Å². The summed E-state index contributed by atoms with van der Waals surface area (Å²) in [5, 5.41) is 12.1. The van der Waals surface area contributed by atoms with E-state index in [9.17, 15) is 9.59 Å². The lowest BCUT2D eigenvalue weighted by atomic mass is 10.0. The summed E-state index contributed by atoms with van der Waals surface area (Å²) in [5.41, 5.74) is 0.621. The second-order valence-corrected chi connectivity index (χ2v) is 4.48. The van der Waals surface area contributed by atoms with Crippen molar-refractivity contribution in [3.05, 3.63) is 29.3 Å². The fourth-order valence-corrected chi connectivity index (χ4v) is 1.79. The second-order valence-electron chi connectivity index (χ2n) is 4.04. The average molecular weight is 270 g/mol. The highest BCUT2D eigenvalue weighted by atomic mass is 35.5. The highest BCUT2D eigenvalue weighted by Gasteiger charge is 2.16. The smallest absolute Gasteiger partial charge is 0.306 e. The van der Waals surface area contributed by atoms with Crippen LogP contribution in [-0.4, -0.2) is 17.0 Å². The molecule has 0 radical (unpaired) electrons. The monoisotopic (exact) mass is 269 g/mol. The van der Waals surface area contributed by atoms with Crippen LogP contribution in [0.3, 0.4) is 0 Å². The number of carbonyl (C=O) groups excluding carboxylic acids is 1. The molecule has 0 fully saturated rings. The zero-order valence-corrected chi connectivity index (χ0v) is 10.9. The predicted molar refractivity (Wildman–Crippen MR) is 70.7 cm³/mol. The Balaban J connectivity index is 2.45. The molecular formula is C13H16ClNO3. The van der Waals surface area contributed by atoms with Crippen molar-refractivity contribution >= 4 is 29.2 Å². The summed E-state index contributed by atoms with van der Waals surface area (Å²) in [5.74, 6) is -1.51. The number of aliphatic carboxylic acids is 1. The van der Waals surface area contributed by atoms with Gasteiger partial charge in [-0.15, -0.1) is 0 Å². The van der Waals surface area contributed by atoms with Crippen LogP contribution >= 0.6 is 11.6 Å². The number of carbonyl (C=O) groups is 2. The van der Waals surface area contributed by atoms with Gasteiger partial charge in [-0.3, -0.25) is 9.59 Å². The first-order chi connectivity index (χ1) is 8.52. The van der Waals surface area contributed by atoms with Crippen LogP contribution in [0.25, 0.3) is 0 Å². The van der Waals surface area contributed by atoms with Crippen molar-refractivity contribution in [1.82, 2.24) is 0 Å². The first-order valence-electron chi connectivity index (χ1n) is 5.81. The minimum absolute atomic E-state index is 0.192. The molecule has 0 spiro atoms. The lowest BCUT2D eigenvalue weighted by Crippen LogP contribution is -2.17. The fraction of sp³-hybridized carbons (Fsp3) is 0.385. The number of benzene rings is 1. The molecule has 1 amide bonds. The van der Waals surface area contributed by atoms with E-state index in [2.05, 4.69) is 5.32 Å². The number of carboxylic acid groups (broad SMARTS) is 1. The Bertz CT molecular complexity index is 434. The Morgan fingerprint density at radius 2 is 2.17 bits per heavy atom. The maximum Gasteiger partial charge on any atom is 0.306 e. The number of carboxylic acids is 1. The van der Waals surface area contributed by atoms with E-state index in [1.807, 2.05) is 0 Å². The molecule has 0 aromatic heterocycles. The molecule has 0 bridgehead atoms. The molecule has 98 valence electrons. The van der Waals surface area contributed by atoms with Crippen molar-refractivity contribution < 1.29 is 14.7 Å². The first-order valence-corrected chi connectivity index (χ1v) is 6.19. The van der Waals surface area contributed by atoms with Gasteiger partial charge in [0.15, 0.2) is 0 Å². The number of hydrogen-bond acceptors (Lipinski definition) is 2. The summed E-state index contributed by atoms with van der Waals surface area (Å²) < 4.78 is 0. The van der Waals surface area contributed by atoms with E-state index < -0.39 is 11.9 Å². The third kappa shape index (κ3) is 4.75. The van der Waals surface area contributed by atoms with Gasteiger partial charge in [0.25, 0.3) is 0 Å². The number of nitrogens with one attached hydrogen (secondary N) is 1. The van der Waals surface area contributed by atoms with Crippen molar-refractivity contribution in [3.63, 3.8) is 0 Å². The summed E-state index contributed by atoms with van der Waals surface area (Å²) in [6, 6.07) is 6.84. The minimum Gasteiger partial charge on any atom is -0.481 e. The van der Waals surface area contributed by atoms with Gasteiger partial charge in [0, 0.05) is 17.1 Å². The maximum atomic E-state index is 11.6. The van der Waals surface area contributed by atoms with Gasteiger partial charge in [0.1, 0.15) is 0 Å². The van der Waals surface area contributed by atoms with E-state index in [-0.39, 0.29) is 12.3 Å². The quantitative estimate of drug-likeness (QED) is 0.834. The molecule has 1 unspecified atom stereocenters. The average Bonchev–Trinajstić information content (AvgIpc) is 2.29. The third-order valence-corrected chi connectivity index (χ3v) is 2.91. The second kappa shape index (κ2) is 7.01. The number of amides is 1. The zero-order valence-electron chi connectivity index (χ0n) is 10.1. The van der Waals surface area contributed by atoms with Gasteiger partial charge in [-0.2, -0.15) is 0 Å². The van der Waals surface area contributed by atoms with Crippen molar-refractivity contribution in [1.29, 1.82) is 0 Å². The highest BCUT2D eigenvalue weighted by Crippen LogP contribution is 2.16. The molecule has 2 N–H and O–H groups in total. The van der Waals surface area contributed by atoms with E-state index in [0.29, 0.717) is 23.6 Å². The number of anilines is 1. The van der Waals surface area contributed by atoms with Crippen LogP contribution in [0.1, 0.15) is 26.2 Å². The van der Waals surface area contributed by atoms with Crippen LogP contribution in [0.4, 0.5) is 5.69 Å². The molecular weight excluding hydrogens is 254 g/mol. The molecule has 4 nitrogen and oxygen atoms in total. The Morgan fingerprint density at radius 1 is 1.44 bits per heavy atom. The van der Waals surface area contributed by atoms with Crippen molar-refractivity contribution in [2.45, 2.75) is 26.2 Å². The van der Waals surface area contributed by atoms with Crippen LogP contribution in [0, 0.1) is 5.92 Å². The highest BCUT2D eigenvalue weighted by molar-refractivity contribution is 6.30. The summed E-state index contributed by atoms with van der Waals surface area (Å²) in [6.45, 7) is 1.80. The fourth-order valence-electron chi connectivity index (χ4n) is 1.60. The molecule has 0 aliphatic heterocycles. The van der Waals surface area contributed by atoms with Crippen molar-refractivity contribution in [3.8, 4) is 0 Å². The van der Waals surface area contributed by atoms with E-state index >= 15 is 0 Å². The zero-order chi connectivity index (χ0) is 13.5. The third-order valence-electron chi connectivity index (χ3n) is 2.67. The SMILES string of the molecule is CCC(CCC(=O)Nc1cccc(Cl)c1)C(=O)O. The maximum absolute atomic E-state index is 11.6. The van der Waals surface area contributed by atoms with Crippen LogP contribution in [0.2, 0.25) is 5.02 Å². The lowest BCUT2D eigenvalue weighted by molar-refractivity contribution is -0.142. The summed E-state index contributed by atoms with van der Waals surface area (Å²) in [7, 11) is 0. The minimum atomic E-state index is -0.854. The molecule has 0 saturated heterocycles. The number of rotatable bonds is 6. The normalized spacial score (nSPS) is 11.9. The molecule has 0 aliphatic carbocycles. The van der Waals surface area contributed by atoms with Gasteiger partial charge in [-0.1, -0.05) is 24.6 Å². The molecule has 5 heteroatoms. The van der Waals surface area contributed by atoms with Gasteiger partial charge in [0.05, 0.1) is 5.92 Å². The van der Waals surface area contributed by atoms with Gasteiger partial charge in [-0.05, 0) is 31.0 Å². The largest absolute Gasteiger partial charge is 0.481 e. The van der Waals surface area contributed by atoms with Crippen LogP contribution in [0.5, 0.6) is 0 Å². The Kier molecular flexibility index (Phi) is 5.65. The topological polar surface area (TPSA) is 66.4 Å². The Hall–Kier alpha value is -1.55. The van der Waals surface area contributed by atoms with E-state index in [1.165, 1.54) is 0 Å². The Morgan fingerprint density at radius 3 is 2.72 bits per heavy atom. The molecule has 18 heavy (non-hydrogen) atoms. The van der Waals surface area contributed by atoms with Gasteiger partial charge >= 0.3 is 5.97 Å². The lowest BCUT2D eigenvalue weighted by Gasteiger charge is -2.09. The van der Waals surface area contributed by atoms with Crippen LogP contribution in [0.15, 0.2) is 24.3 Å². The number of halogens is 1. The number of hydrogen-bond donors (Lipinski definition) is 2. The molecule has 0 saturated carbocycles. The van der Waals surface area contributed by atoms with Crippen molar-refractivity contribution in [2.75, 3.05) is 5.32 Å². The Labute approximate surface area is 111 Å². The summed E-state index contributed by atoms with van der Waals surface area (Å²) in [6.07, 6.45) is 1.06. The van der Waals surface area contributed by atoms with E-state index in [1.54, 1.807) is 31.2 Å². The van der Waals surface area contributed by atoms with Gasteiger partial charge in [-0.25, -0.2) is 0 Å². The predicted octanol–water partition coefficient (Wildman–Crippen LogP) is 3.17. The molecule has 1 aromatic rings. The van der Waals surface area contributed by atoms with Crippen molar-refractivity contribution in [2.24, 2.45) is 5.92 Å². The van der Waals surface area contributed by atoms with Crippen LogP contribution in [-0.2, 0) is 9.59 Å².